The smallest absolute Gasteiger partial charge is 0.253 e. The second kappa shape index (κ2) is 20.8. The second-order valence-electron chi connectivity index (χ2n) is 10.9. The van der Waals surface area contributed by atoms with Crippen LogP contribution in [-0.2, 0) is 44.8 Å². The average molecular weight is 657 g/mol. The van der Waals surface area contributed by atoms with E-state index in [1.807, 2.05) is 0 Å². The van der Waals surface area contributed by atoms with Crippen LogP contribution >= 0.6 is 0 Å². The maximum absolute atomic E-state index is 12.8. The van der Waals surface area contributed by atoms with E-state index < -0.39 is 61.3 Å². The lowest BCUT2D eigenvalue weighted by atomic mass is 10.1. The zero-order valence-electron chi connectivity index (χ0n) is 26.3. The normalized spacial score (nSPS) is 13.4. The van der Waals surface area contributed by atoms with Gasteiger partial charge in [0, 0.05) is 31.5 Å². The van der Waals surface area contributed by atoms with Gasteiger partial charge >= 0.3 is 0 Å². The molecule has 9 N–H and O–H groups in total. The van der Waals surface area contributed by atoms with Gasteiger partial charge in [-0.1, -0.05) is 36.8 Å². The second-order valence-corrected chi connectivity index (χ2v) is 10.9. The number of imide groups is 1. The number of primary amides is 1. The highest BCUT2D eigenvalue weighted by Crippen LogP contribution is 2.09. The predicted molar refractivity (Wildman–Crippen MR) is 169 cm³/mol. The summed E-state index contributed by atoms with van der Waals surface area (Å²) >= 11 is 0. The molecular formula is C31H44N8O8. The van der Waals surface area contributed by atoms with Crippen molar-refractivity contribution >= 4 is 47.3 Å². The SMILES string of the molecule is NCCCCC(NC(=O)CCCCCN1C(=O)C=CC1=O)C(=O)NCC(=O)NCC(=O)N[C@@H](Cc1ccccc1)C(=O)NCC(N)=O. The first-order valence-electron chi connectivity index (χ1n) is 15.5. The topological polar surface area (TPSA) is 252 Å². The molecule has 256 valence electrons. The van der Waals surface area contributed by atoms with Crippen LogP contribution in [-0.4, -0.2) is 97.0 Å². The molecule has 8 amide bonds. The highest BCUT2D eigenvalue weighted by atomic mass is 16.2. The van der Waals surface area contributed by atoms with E-state index in [1.54, 1.807) is 30.3 Å². The van der Waals surface area contributed by atoms with Gasteiger partial charge in [-0.05, 0) is 44.2 Å². The van der Waals surface area contributed by atoms with Gasteiger partial charge in [0.05, 0.1) is 19.6 Å². The maximum Gasteiger partial charge on any atom is 0.253 e. The fourth-order valence-electron chi connectivity index (χ4n) is 4.55. The average Bonchev–Trinajstić information content (AvgIpc) is 3.37. The molecule has 0 saturated heterocycles. The largest absolute Gasteiger partial charge is 0.368 e. The molecule has 47 heavy (non-hydrogen) atoms. The Bertz CT molecular complexity index is 1290. The number of benzene rings is 1. The lowest BCUT2D eigenvalue weighted by Gasteiger charge is -2.19. The van der Waals surface area contributed by atoms with Gasteiger partial charge in [0.15, 0.2) is 0 Å². The summed E-state index contributed by atoms with van der Waals surface area (Å²) < 4.78 is 0. The molecule has 16 nitrogen and oxygen atoms in total. The van der Waals surface area contributed by atoms with Crippen molar-refractivity contribution in [2.75, 3.05) is 32.7 Å². The first kappa shape index (κ1) is 38.1. The lowest BCUT2D eigenvalue weighted by Crippen LogP contribution is -2.52. The zero-order chi connectivity index (χ0) is 34.6. The molecule has 2 rings (SSSR count). The Labute approximate surface area is 272 Å². The van der Waals surface area contributed by atoms with E-state index in [0.29, 0.717) is 45.1 Å². The number of nitrogens with zero attached hydrogens (tertiary/aromatic N) is 1. The van der Waals surface area contributed by atoms with Crippen LogP contribution in [0.4, 0.5) is 0 Å². The Morgan fingerprint density at radius 1 is 0.681 bits per heavy atom. The minimum absolute atomic E-state index is 0.122. The number of carbonyl (C=O) groups excluding carboxylic acids is 8. The summed E-state index contributed by atoms with van der Waals surface area (Å²) in [4.78, 5) is 98.3. The van der Waals surface area contributed by atoms with E-state index >= 15 is 0 Å². The number of nitrogens with one attached hydrogen (secondary N) is 5. The molecule has 16 heteroatoms. The van der Waals surface area contributed by atoms with Crippen molar-refractivity contribution in [1.82, 2.24) is 31.5 Å². The molecule has 0 fully saturated rings. The predicted octanol–water partition coefficient (Wildman–Crippen LogP) is -2.35. The first-order valence-corrected chi connectivity index (χ1v) is 15.5. The van der Waals surface area contributed by atoms with Gasteiger partial charge in [0.2, 0.25) is 35.4 Å². The van der Waals surface area contributed by atoms with E-state index in [-0.39, 0.29) is 37.1 Å². The summed E-state index contributed by atoms with van der Waals surface area (Å²) in [5.74, 6) is -4.39. The Kier molecular flexibility index (Phi) is 16.9. The van der Waals surface area contributed by atoms with E-state index in [2.05, 4.69) is 26.6 Å². The minimum atomic E-state index is -1.05. The minimum Gasteiger partial charge on any atom is -0.368 e. The van der Waals surface area contributed by atoms with Crippen LogP contribution in [0.25, 0.3) is 0 Å². The summed E-state index contributed by atoms with van der Waals surface area (Å²) in [7, 11) is 0. The van der Waals surface area contributed by atoms with Gasteiger partial charge in [-0.2, -0.15) is 0 Å². The maximum atomic E-state index is 12.8. The Balaban J connectivity index is 1.78. The van der Waals surface area contributed by atoms with Gasteiger partial charge in [0.1, 0.15) is 12.1 Å². The molecule has 0 saturated carbocycles. The molecule has 0 aliphatic carbocycles. The monoisotopic (exact) mass is 656 g/mol. The van der Waals surface area contributed by atoms with E-state index in [4.69, 9.17) is 11.5 Å². The highest BCUT2D eigenvalue weighted by Gasteiger charge is 2.24. The van der Waals surface area contributed by atoms with Crippen LogP contribution in [0.3, 0.4) is 0 Å². The van der Waals surface area contributed by atoms with Crippen LogP contribution in [0.15, 0.2) is 42.5 Å². The van der Waals surface area contributed by atoms with Crippen molar-refractivity contribution in [1.29, 1.82) is 0 Å². The van der Waals surface area contributed by atoms with Crippen molar-refractivity contribution in [2.24, 2.45) is 11.5 Å². The van der Waals surface area contributed by atoms with Gasteiger partial charge in [-0.3, -0.25) is 43.3 Å². The number of rotatable bonds is 22. The molecule has 0 radical (unpaired) electrons. The van der Waals surface area contributed by atoms with Crippen molar-refractivity contribution in [3.63, 3.8) is 0 Å². The number of carbonyl (C=O) groups is 8. The van der Waals surface area contributed by atoms with Crippen LogP contribution in [0.1, 0.15) is 50.5 Å². The number of unbranched alkanes of at least 4 members (excludes halogenated alkanes) is 3. The van der Waals surface area contributed by atoms with Crippen molar-refractivity contribution in [3.8, 4) is 0 Å². The molecule has 0 bridgehead atoms. The molecule has 1 aliphatic heterocycles. The molecule has 2 atom stereocenters. The fraction of sp³-hybridized carbons (Fsp3) is 0.484. The van der Waals surface area contributed by atoms with E-state index in [9.17, 15) is 38.4 Å². The summed E-state index contributed by atoms with van der Waals surface area (Å²) in [5, 5.41) is 12.4. The molecule has 0 spiro atoms. The van der Waals surface area contributed by atoms with Crippen molar-refractivity contribution in [3.05, 3.63) is 48.0 Å². The standard InChI is InChI=1S/C31H44N8O8/c32-15-7-6-11-22(37-25(41)12-5-2-8-16-39-28(44)13-14-29(39)45)30(46)36-19-26(42)34-20-27(43)38-23(31(47)35-18-24(33)40)17-21-9-3-1-4-10-21/h1,3-4,9-10,13-14,22-23H,2,5-8,11-12,15-20,32H2,(H2,33,40)(H,34,42)(H,35,47)(H,36,46)(H,37,41)(H,38,43)/t22?,23-/m0/s1. The Morgan fingerprint density at radius 2 is 1.30 bits per heavy atom. The molecule has 0 aromatic heterocycles. The quantitative estimate of drug-likeness (QED) is 0.0520. The van der Waals surface area contributed by atoms with Gasteiger partial charge in [0.25, 0.3) is 11.8 Å². The Hall–Kier alpha value is -5.12. The lowest BCUT2D eigenvalue weighted by molar-refractivity contribution is -0.137. The summed E-state index contributed by atoms with van der Waals surface area (Å²) in [6.07, 6.45) is 5.78. The summed E-state index contributed by atoms with van der Waals surface area (Å²) in [5.41, 5.74) is 11.4. The van der Waals surface area contributed by atoms with Crippen LogP contribution in [0.5, 0.6) is 0 Å². The number of hydrogen-bond acceptors (Lipinski definition) is 9. The molecule has 1 aliphatic rings. The van der Waals surface area contributed by atoms with Crippen molar-refractivity contribution in [2.45, 2.75) is 63.5 Å². The first-order chi connectivity index (χ1) is 22.5. The molecule has 1 aromatic rings. The molecule has 1 heterocycles. The Morgan fingerprint density at radius 3 is 1.96 bits per heavy atom. The third-order valence-corrected chi connectivity index (χ3v) is 7.03. The molecule has 1 unspecified atom stereocenters. The van der Waals surface area contributed by atoms with Crippen LogP contribution < -0.4 is 38.1 Å². The third kappa shape index (κ3) is 15.1. The zero-order valence-corrected chi connectivity index (χ0v) is 26.3. The summed E-state index contributed by atoms with van der Waals surface area (Å²) in [6, 6.07) is 6.90. The number of nitrogens with two attached hydrogens (primary N) is 2. The van der Waals surface area contributed by atoms with Crippen LogP contribution in [0.2, 0.25) is 0 Å². The van der Waals surface area contributed by atoms with Gasteiger partial charge < -0.3 is 38.1 Å². The van der Waals surface area contributed by atoms with Crippen molar-refractivity contribution < 1.29 is 38.4 Å². The summed E-state index contributed by atoms with van der Waals surface area (Å²) in [6.45, 7) is -0.696. The van der Waals surface area contributed by atoms with Crippen LogP contribution in [0, 0.1) is 0 Å². The van der Waals surface area contributed by atoms with E-state index in [0.717, 1.165) is 10.5 Å². The van der Waals surface area contributed by atoms with Gasteiger partial charge in [-0.15, -0.1) is 0 Å². The third-order valence-electron chi connectivity index (χ3n) is 7.03. The molecular weight excluding hydrogens is 612 g/mol. The molecule has 1 aromatic carbocycles. The fourth-order valence-corrected chi connectivity index (χ4v) is 4.55. The number of hydrogen-bond donors (Lipinski definition) is 7. The van der Waals surface area contributed by atoms with E-state index in [1.165, 1.54) is 12.2 Å². The highest BCUT2D eigenvalue weighted by molar-refractivity contribution is 6.12. The number of amides is 8. The van der Waals surface area contributed by atoms with Gasteiger partial charge in [-0.25, -0.2) is 0 Å².